The molecule has 0 aliphatic heterocycles. The molecule has 3 N–H and O–H groups in total. The summed E-state index contributed by atoms with van der Waals surface area (Å²) in [6.45, 7) is 11.7. The van der Waals surface area contributed by atoms with Crippen LogP contribution in [0, 0.1) is 17.8 Å². The second-order valence-corrected chi connectivity index (χ2v) is 29.4. The molecule has 0 aliphatic rings. The van der Waals surface area contributed by atoms with E-state index in [4.69, 9.17) is 37.0 Å². The molecule has 0 rings (SSSR count). The first kappa shape index (κ1) is 87.1. The number of hydrogen-bond donors (Lipinski definition) is 3. The quantitative estimate of drug-likeness (QED) is 0.0222. The van der Waals surface area contributed by atoms with E-state index in [2.05, 4.69) is 48.5 Å². The lowest BCUT2D eigenvalue weighted by atomic mass is 9.99. The fraction of sp³-hybridized carbons (Fsp3) is 0.943. The smallest absolute Gasteiger partial charge is 0.462 e. The maximum atomic E-state index is 13.0. The highest BCUT2D eigenvalue weighted by molar-refractivity contribution is 7.47. The molecule has 0 aromatic heterocycles. The molecule has 0 saturated heterocycles. The number of carbonyl (C=O) groups is 4. The zero-order valence-corrected chi connectivity index (χ0v) is 59.7. The Labute approximate surface area is 543 Å². The zero-order chi connectivity index (χ0) is 65.9. The van der Waals surface area contributed by atoms with Crippen LogP contribution in [0.25, 0.3) is 0 Å². The fourth-order valence-electron chi connectivity index (χ4n) is 10.5. The number of aliphatic hydroxyl groups is 1. The largest absolute Gasteiger partial charge is 0.472 e. The SMILES string of the molecule is CCCCCCCC(=O)OC[C@H](COP(=O)(O)OC[C@H](O)COP(=O)(O)OC[C@@H](COC(=O)CCCCCCCCCCCCCCCCC(C)C)OC(=O)CCCCCCCCCCCCCCCCC(C)CC)OC(=O)CCCCCCCCC(C)C. The molecule has 3 unspecified atom stereocenters. The van der Waals surface area contributed by atoms with Crippen molar-refractivity contribution in [1.29, 1.82) is 0 Å². The maximum absolute atomic E-state index is 13.0. The van der Waals surface area contributed by atoms with Crippen molar-refractivity contribution in [1.82, 2.24) is 0 Å². The fourth-order valence-corrected chi connectivity index (χ4v) is 12.1. The van der Waals surface area contributed by atoms with Gasteiger partial charge in [0.15, 0.2) is 12.2 Å². The van der Waals surface area contributed by atoms with Crippen LogP contribution in [0.4, 0.5) is 0 Å². The first-order valence-corrected chi connectivity index (χ1v) is 39.4. The Kier molecular flexibility index (Phi) is 59.6. The standard InChI is InChI=1S/C70H136O17P2/c1-8-10-11-34-44-51-67(72)80-57-65(87-70(75)54-47-40-33-32-36-42-49-62(5)6)59-84-88(76,77)82-55-64(71)56-83-89(78,79)85-60-66(58-81-68(73)52-45-38-30-26-22-18-14-12-16-20-24-28-35-41-48-61(3)4)86-69(74)53-46-39-31-27-23-19-15-13-17-21-25-29-37-43-50-63(7)9-2/h61-66,71H,8-60H2,1-7H3,(H,76,77)(H,78,79)/t63?,64-,65+,66+/m0/s1. The van der Waals surface area contributed by atoms with Crippen LogP contribution in [-0.2, 0) is 65.4 Å². The number of phosphoric ester groups is 2. The van der Waals surface area contributed by atoms with E-state index in [9.17, 15) is 43.2 Å². The first-order valence-electron chi connectivity index (χ1n) is 36.4. The molecule has 0 aliphatic carbocycles. The minimum atomic E-state index is -4.95. The Morgan fingerprint density at radius 1 is 0.326 bits per heavy atom. The minimum absolute atomic E-state index is 0.101. The van der Waals surface area contributed by atoms with Gasteiger partial charge in [-0.25, -0.2) is 9.13 Å². The van der Waals surface area contributed by atoms with Crippen LogP contribution in [0.1, 0.15) is 350 Å². The summed E-state index contributed by atoms with van der Waals surface area (Å²) in [6.07, 6.45) is 45.0. The summed E-state index contributed by atoms with van der Waals surface area (Å²) in [5.74, 6) is 0.173. The Bertz CT molecular complexity index is 1750. The van der Waals surface area contributed by atoms with Gasteiger partial charge < -0.3 is 33.8 Å². The van der Waals surface area contributed by atoms with Crippen LogP contribution in [0.3, 0.4) is 0 Å². The molecule has 0 bridgehead atoms. The lowest BCUT2D eigenvalue weighted by molar-refractivity contribution is -0.161. The number of hydrogen-bond acceptors (Lipinski definition) is 15. The number of carbonyl (C=O) groups excluding carboxylic acids is 4. The molecule has 0 heterocycles. The van der Waals surface area contributed by atoms with Crippen molar-refractivity contribution < 1.29 is 80.2 Å². The van der Waals surface area contributed by atoms with Gasteiger partial charge in [0.1, 0.15) is 19.3 Å². The summed E-state index contributed by atoms with van der Waals surface area (Å²) >= 11 is 0. The number of unbranched alkanes of at least 4 members (excludes halogenated alkanes) is 35. The molecule has 0 fully saturated rings. The van der Waals surface area contributed by atoms with E-state index in [-0.39, 0.29) is 25.7 Å². The average molecular weight is 1310 g/mol. The number of phosphoric acid groups is 2. The van der Waals surface area contributed by atoms with Crippen LogP contribution < -0.4 is 0 Å². The predicted molar refractivity (Wildman–Crippen MR) is 358 cm³/mol. The molecule has 0 amide bonds. The number of ether oxygens (including phenoxy) is 4. The van der Waals surface area contributed by atoms with Gasteiger partial charge in [-0.1, -0.05) is 299 Å². The Morgan fingerprint density at radius 3 is 0.854 bits per heavy atom. The van der Waals surface area contributed by atoms with Gasteiger partial charge in [-0.3, -0.25) is 37.3 Å². The maximum Gasteiger partial charge on any atom is 0.472 e. The van der Waals surface area contributed by atoms with Gasteiger partial charge in [0, 0.05) is 25.7 Å². The van der Waals surface area contributed by atoms with Crippen molar-refractivity contribution in [2.45, 2.75) is 369 Å². The van der Waals surface area contributed by atoms with Crippen molar-refractivity contribution in [2.75, 3.05) is 39.6 Å². The molecule has 89 heavy (non-hydrogen) atoms. The molecular formula is C70H136O17P2. The van der Waals surface area contributed by atoms with E-state index in [1.54, 1.807) is 0 Å². The van der Waals surface area contributed by atoms with Crippen LogP contribution >= 0.6 is 15.6 Å². The Morgan fingerprint density at radius 2 is 0.573 bits per heavy atom. The van der Waals surface area contributed by atoms with Crippen LogP contribution in [-0.4, -0.2) is 96.7 Å². The van der Waals surface area contributed by atoms with Gasteiger partial charge in [-0.05, 0) is 43.4 Å². The Hall–Kier alpha value is -1.94. The summed E-state index contributed by atoms with van der Waals surface area (Å²) in [5.41, 5.74) is 0. The highest BCUT2D eigenvalue weighted by atomic mass is 31.2. The minimum Gasteiger partial charge on any atom is -0.462 e. The number of esters is 4. The molecule has 17 nitrogen and oxygen atoms in total. The van der Waals surface area contributed by atoms with E-state index >= 15 is 0 Å². The van der Waals surface area contributed by atoms with Crippen LogP contribution in [0.5, 0.6) is 0 Å². The Balaban J connectivity index is 5.14. The van der Waals surface area contributed by atoms with Crippen molar-refractivity contribution in [3.8, 4) is 0 Å². The molecule has 19 heteroatoms. The first-order chi connectivity index (χ1) is 42.8. The lowest BCUT2D eigenvalue weighted by Gasteiger charge is -2.21. The van der Waals surface area contributed by atoms with Gasteiger partial charge in [0.25, 0.3) is 0 Å². The molecule has 528 valence electrons. The highest BCUT2D eigenvalue weighted by Gasteiger charge is 2.30. The normalized spacial score (nSPS) is 14.5. The van der Waals surface area contributed by atoms with E-state index in [0.717, 1.165) is 108 Å². The summed E-state index contributed by atoms with van der Waals surface area (Å²) in [6, 6.07) is 0. The third-order valence-corrected chi connectivity index (χ3v) is 18.4. The van der Waals surface area contributed by atoms with E-state index in [1.165, 1.54) is 154 Å². The molecule has 6 atom stereocenters. The van der Waals surface area contributed by atoms with Crippen molar-refractivity contribution >= 4 is 39.5 Å². The topological polar surface area (TPSA) is 237 Å². The molecular weight excluding hydrogens is 1170 g/mol. The van der Waals surface area contributed by atoms with Gasteiger partial charge in [-0.15, -0.1) is 0 Å². The van der Waals surface area contributed by atoms with Crippen LogP contribution in [0.15, 0.2) is 0 Å². The predicted octanol–water partition coefficient (Wildman–Crippen LogP) is 19.8. The van der Waals surface area contributed by atoms with Gasteiger partial charge in [0.2, 0.25) is 0 Å². The third kappa shape index (κ3) is 63.2. The third-order valence-electron chi connectivity index (χ3n) is 16.5. The van der Waals surface area contributed by atoms with Crippen molar-refractivity contribution in [3.05, 3.63) is 0 Å². The van der Waals surface area contributed by atoms with Gasteiger partial charge in [-0.2, -0.15) is 0 Å². The number of rotatable bonds is 68. The monoisotopic (exact) mass is 1310 g/mol. The summed E-state index contributed by atoms with van der Waals surface area (Å²) in [5, 5.41) is 10.5. The van der Waals surface area contributed by atoms with Gasteiger partial charge in [0.05, 0.1) is 26.4 Å². The summed E-state index contributed by atoms with van der Waals surface area (Å²) in [4.78, 5) is 72.2. The summed E-state index contributed by atoms with van der Waals surface area (Å²) < 4.78 is 68.0. The average Bonchev–Trinajstić information content (AvgIpc) is 3.51. The lowest BCUT2D eigenvalue weighted by Crippen LogP contribution is -2.30. The molecule has 0 aromatic rings. The van der Waals surface area contributed by atoms with Crippen molar-refractivity contribution in [2.24, 2.45) is 17.8 Å². The highest BCUT2D eigenvalue weighted by Crippen LogP contribution is 2.45. The molecule has 0 aromatic carbocycles. The molecule has 0 saturated carbocycles. The second-order valence-electron chi connectivity index (χ2n) is 26.5. The second kappa shape index (κ2) is 61.0. The zero-order valence-electron chi connectivity index (χ0n) is 57.9. The number of aliphatic hydroxyl groups excluding tert-OH is 1. The van der Waals surface area contributed by atoms with E-state index in [0.29, 0.717) is 31.6 Å². The van der Waals surface area contributed by atoms with Crippen LogP contribution in [0.2, 0.25) is 0 Å². The van der Waals surface area contributed by atoms with Crippen molar-refractivity contribution in [3.63, 3.8) is 0 Å². The summed E-state index contributed by atoms with van der Waals surface area (Å²) in [7, 11) is -9.89. The van der Waals surface area contributed by atoms with E-state index in [1.807, 2.05) is 0 Å². The molecule has 0 radical (unpaired) electrons. The molecule has 0 spiro atoms. The van der Waals surface area contributed by atoms with E-state index < -0.39 is 97.5 Å². The van der Waals surface area contributed by atoms with Gasteiger partial charge >= 0.3 is 39.5 Å².